The Morgan fingerprint density at radius 1 is 1.29 bits per heavy atom. The summed E-state index contributed by atoms with van der Waals surface area (Å²) in [5.74, 6) is 0. The maximum Gasteiger partial charge on any atom is 2.00 e. The van der Waals surface area contributed by atoms with E-state index < -0.39 is 7.82 Å². The van der Waals surface area contributed by atoms with E-state index in [0.717, 1.165) is 0 Å². The van der Waals surface area contributed by atoms with Crippen molar-refractivity contribution < 1.29 is 54.8 Å². The summed E-state index contributed by atoms with van der Waals surface area (Å²) in [5.41, 5.74) is 0. The Labute approximate surface area is 106 Å². The first kappa shape index (κ1) is 16.4. The Morgan fingerprint density at radius 2 is 1.29 bits per heavy atom. The van der Waals surface area contributed by atoms with E-state index in [9.17, 15) is 0 Å². The Hall–Kier alpha value is 2.69. The van der Waals surface area contributed by atoms with Crippen molar-refractivity contribution in [2.24, 2.45) is 0 Å². The number of rotatable bonds is 0. The fraction of sp³-hybridized carbons (Fsp3) is 0. The van der Waals surface area contributed by atoms with Crippen LogP contribution in [0.1, 0.15) is 2.85 Å². The van der Waals surface area contributed by atoms with Gasteiger partial charge < -0.3 is 17.5 Å². The van der Waals surface area contributed by atoms with Crippen molar-refractivity contribution in [3.63, 3.8) is 0 Å². The van der Waals surface area contributed by atoms with Gasteiger partial charge in [-0.15, -0.1) is 0 Å². The van der Waals surface area contributed by atoms with Gasteiger partial charge in [-0.1, -0.05) is 0 Å². The Balaban J connectivity index is -0.0000000133. The van der Waals surface area contributed by atoms with Crippen molar-refractivity contribution >= 4 is 53.3 Å². The molecule has 0 saturated heterocycles. The third-order valence-electron chi connectivity index (χ3n) is 0. The van der Waals surface area contributed by atoms with Crippen molar-refractivity contribution in [1.82, 2.24) is 0 Å². The van der Waals surface area contributed by atoms with Crippen LogP contribution in [0.3, 0.4) is 0 Å². The maximum atomic E-state index is 8.88. The van der Waals surface area contributed by atoms with Crippen LogP contribution < -0.4 is 0 Å². The Kier molecular flexibility index (Phi) is 15.9. The van der Waals surface area contributed by atoms with Crippen LogP contribution in [0.4, 0.5) is 0 Å². The molecule has 0 atom stereocenters. The maximum absolute atomic E-state index is 8.88. The van der Waals surface area contributed by atoms with E-state index >= 15 is 0 Å². The molecule has 0 heterocycles. The summed E-state index contributed by atoms with van der Waals surface area (Å²) in [4.78, 5) is 21.6. The summed E-state index contributed by atoms with van der Waals surface area (Å²) >= 11 is 0. The third kappa shape index (κ3) is 53.7. The smallest absolute Gasteiger partial charge is 1.00 e. The molecule has 7 heavy (non-hydrogen) atoms. The SMILES string of the molecule is O=P(O)(O)O.[H-].[H-].[Sr+2].[Y]. The molecule has 0 aliphatic carbocycles. The Bertz CT molecular complexity index is 64.7. The van der Waals surface area contributed by atoms with Crippen molar-refractivity contribution in [3.8, 4) is 0 Å². The van der Waals surface area contributed by atoms with E-state index in [1.54, 1.807) is 0 Å². The van der Waals surface area contributed by atoms with Crippen LogP contribution in [-0.4, -0.2) is 60.2 Å². The summed E-state index contributed by atoms with van der Waals surface area (Å²) in [6, 6.07) is 0. The van der Waals surface area contributed by atoms with Gasteiger partial charge in [0.25, 0.3) is 0 Å². The molecule has 0 saturated carbocycles. The van der Waals surface area contributed by atoms with Gasteiger partial charge in [-0.3, -0.25) is 0 Å². The van der Waals surface area contributed by atoms with E-state index in [1.807, 2.05) is 0 Å². The summed E-state index contributed by atoms with van der Waals surface area (Å²) in [6.07, 6.45) is 0. The van der Waals surface area contributed by atoms with Crippen LogP contribution in [0.5, 0.6) is 0 Å². The number of hydrogen-bond donors (Lipinski definition) is 3. The van der Waals surface area contributed by atoms with Crippen LogP contribution in [-0.2, 0) is 37.3 Å². The molecule has 4 nitrogen and oxygen atoms in total. The Morgan fingerprint density at radius 3 is 1.29 bits per heavy atom. The first-order chi connectivity index (χ1) is 2.00. The normalized spacial score (nSPS) is 8.43. The molecule has 0 aromatic heterocycles. The molecule has 0 unspecified atom stereocenters. The summed E-state index contributed by atoms with van der Waals surface area (Å²) in [6.45, 7) is 0. The monoisotopic (exact) mass is 277 g/mol. The summed E-state index contributed by atoms with van der Waals surface area (Å²) in [5, 5.41) is 0. The van der Waals surface area contributed by atoms with Gasteiger partial charge >= 0.3 is 53.3 Å². The quantitative estimate of drug-likeness (QED) is 0.388. The van der Waals surface area contributed by atoms with Gasteiger partial charge in [-0.25, -0.2) is 4.57 Å². The second kappa shape index (κ2) is 6.81. The minimum atomic E-state index is -4.64. The zero-order chi connectivity index (χ0) is 4.50. The average molecular weight is 277 g/mol. The molecule has 0 bridgehead atoms. The predicted octanol–water partition coefficient (Wildman–Crippen LogP) is -1.09. The molecule has 0 spiro atoms. The van der Waals surface area contributed by atoms with Gasteiger partial charge in [-0.2, -0.15) is 0 Å². The molecule has 0 fully saturated rings. The molecule has 0 aliphatic heterocycles. The van der Waals surface area contributed by atoms with Gasteiger partial charge in [-0.05, 0) is 0 Å². The molecular formula is H5O4PSrY. The van der Waals surface area contributed by atoms with Gasteiger partial charge in [0, 0.05) is 32.7 Å². The fourth-order valence-electron chi connectivity index (χ4n) is 0. The minimum absolute atomic E-state index is 0. The van der Waals surface area contributed by atoms with E-state index in [2.05, 4.69) is 0 Å². The summed E-state index contributed by atoms with van der Waals surface area (Å²) < 4.78 is 8.88. The minimum Gasteiger partial charge on any atom is -1.00 e. The van der Waals surface area contributed by atoms with Crippen LogP contribution in [0.2, 0.25) is 0 Å². The second-order valence-electron chi connectivity index (χ2n) is 0.513. The van der Waals surface area contributed by atoms with E-state index in [0.29, 0.717) is 0 Å². The largest absolute Gasteiger partial charge is 2.00 e. The van der Waals surface area contributed by atoms with Gasteiger partial charge in [0.2, 0.25) is 0 Å². The fourth-order valence-corrected chi connectivity index (χ4v) is 0. The van der Waals surface area contributed by atoms with Crippen molar-refractivity contribution in [2.75, 3.05) is 0 Å². The molecule has 39 valence electrons. The van der Waals surface area contributed by atoms with Crippen LogP contribution >= 0.6 is 7.82 Å². The molecule has 0 aliphatic rings. The van der Waals surface area contributed by atoms with Crippen molar-refractivity contribution in [3.05, 3.63) is 0 Å². The first-order valence-electron chi connectivity index (χ1n) is 0.783. The topological polar surface area (TPSA) is 77.8 Å². The van der Waals surface area contributed by atoms with Crippen molar-refractivity contribution in [2.45, 2.75) is 0 Å². The van der Waals surface area contributed by atoms with E-state index in [-0.39, 0.29) is 81.0 Å². The van der Waals surface area contributed by atoms with Crippen LogP contribution in [0, 0.1) is 0 Å². The molecule has 7 heteroatoms. The van der Waals surface area contributed by atoms with E-state index in [1.165, 1.54) is 0 Å². The number of hydrogen-bond acceptors (Lipinski definition) is 1. The molecule has 0 aromatic carbocycles. The second-order valence-corrected chi connectivity index (χ2v) is 1.54. The zero-order valence-electron chi connectivity index (χ0n) is 5.48. The zero-order valence-corrected chi connectivity index (χ0v) is 10.7. The molecule has 0 amide bonds. The van der Waals surface area contributed by atoms with Crippen LogP contribution in [0.15, 0.2) is 0 Å². The number of phosphoric acid groups is 1. The molecule has 3 N–H and O–H groups in total. The van der Waals surface area contributed by atoms with Gasteiger partial charge in [0.15, 0.2) is 0 Å². The molecule has 0 rings (SSSR count). The average Bonchev–Trinajstić information content (AvgIpc) is 0.722. The van der Waals surface area contributed by atoms with E-state index in [4.69, 9.17) is 19.2 Å². The molecule has 1 radical (unpaired) electrons. The predicted molar refractivity (Wildman–Crippen MR) is 22.2 cm³/mol. The molecule has 0 aromatic rings. The van der Waals surface area contributed by atoms with Gasteiger partial charge in [0.05, 0.1) is 0 Å². The first-order valence-corrected chi connectivity index (χ1v) is 2.35. The van der Waals surface area contributed by atoms with Crippen molar-refractivity contribution in [1.29, 1.82) is 0 Å². The summed E-state index contributed by atoms with van der Waals surface area (Å²) in [7, 11) is -4.64. The van der Waals surface area contributed by atoms with Gasteiger partial charge in [0.1, 0.15) is 0 Å². The third-order valence-corrected chi connectivity index (χ3v) is 0. The molecular weight excluding hydrogens is 271 g/mol. The van der Waals surface area contributed by atoms with Crippen LogP contribution in [0.25, 0.3) is 0 Å². The standard InChI is InChI=1S/H3O4P.Sr.Y.2H/c1-5(2,3)4;;;;/h(H3,1,2,3,4);;;;/q;+2;;2*-1.